The summed E-state index contributed by atoms with van der Waals surface area (Å²) in [5, 5.41) is 5.25. The molecule has 0 aliphatic rings. The van der Waals surface area contributed by atoms with Crippen LogP contribution in [0.2, 0.25) is 0 Å². The third kappa shape index (κ3) is 4.01. The van der Waals surface area contributed by atoms with Gasteiger partial charge in [-0.25, -0.2) is 13.6 Å². The van der Waals surface area contributed by atoms with Crippen molar-refractivity contribution in [3.63, 3.8) is 0 Å². The van der Waals surface area contributed by atoms with E-state index in [-0.39, 0.29) is 22.0 Å². The highest BCUT2D eigenvalue weighted by Gasteiger charge is 2.18. The van der Waals surface area contributed by atoms with Crippen LogP contribution in [0.25, 0.3) is 6.08 Å². The van der Waals surface area contributed by atoms with Crippen molar-refractivity contribution in [2.75, 3.05) is 14.2 Å². The molecule has 0 saturated carbocycles. The van der Waals surface area contributed by atoms with E-state index in [1.54, 1.807) is 30.3 Å². The second kappa shape index (κ2) is 7.29. The number of carbonyl (C=O) groups is 1. The summed E-state index contributed by atoms with van der Waals surface area (Å²) in [4.78, 5) is 12.0. The van der Waals surface area contributed by atoms with Crippen molar-refractivity contribution in [1.29, 1.82) is 0 Å². The summed E-state index contributed by atoms with van der Waals surface area (Å²) < 4.78 is 33.8. The van der Waals surface area contributed by atoms with E-state index in [1.165, 1.54) is 38.5 Å². The second-order valence-corrected chi connectivity index (χ2v) is 6.38. The van der Waals surface area contributed by atoms with Gasteiger partial charge in [0.2, 0.25) is 10.0 Å². The molecule has 0 aromatic heterocycles. The number of hydrogen-bond acceptors (Lipinski definition) is 5. The molecule has 6 nitrogen and oxygen atoms in total. The van der Waals surface area contributed by atoms with E-state index in [9.17, 15) is 13.2 Å². The van der Waals surface area contributed by atoms with E-state index in [1.807, 2.05) is 0 Å². The highest BCUT2D eigenvalue weighted by Crippen LogP contribution is 2.33. The lowest BCUT2D eigenvalue weighted by Gasteiger charge is -2.11. The standard InChI is InChI=1S/C17H17NO5S/c1-22-15-10-13(17(24(18,20)21)11-16(15)23-2)8-9-14(19)12-6-4-3-5-7-12/h3-11H,1-2H3,(H2,18,20,21). The molecule has 2 aromatic carbocycles. The van der Waals surface area contributed by atoms with Gasteiger partial charge in [-0.05, 0) is 23.8 Å². The molecule has 0 bridgehead atoms. The summed E-state index contributed by atoms with van der Waals surface area (Å²) >= 11 is 0. The van der Waals surface area contributed by atoms with Crippen LogP contribution >= 0.6 is 0 Å². The van der Waals surface area contributed by atoms with Crippen molar-refractivity contribution in [3.8, 4) is 11.5 Å². The number of ether oxygens (including phenoxy) is 2. The number of rotatable bonds is 6. The molecule has 2 N–H and O–H groups in total. The monoisotopic (exact) mass is 347 g/mol. The Labute approximate surface area is 140 Å². The maximum absolute atomic E-state index is 12.1. The third-order valence-electron chi connectivity index (χ3n) is 3.30. The van der Waals surface area contributed by atoms with Gasteiger partial charge in [0.15, 0.2) is 17.3 Å². The topological polar surface area (TPSA) is 95.7 Å². The molecule has 2 aromatic rings. The van der Waals surface area contributed by atoms with Gasteiger partial charge in [-0.2, -0.15) is 0 Å². The molecule has 0 aliphatic carbocycles. The molecule has 0 heterocycles. The fourth-order valence-electron chi connectivity index (χ4n) is 2.12. The average Bonchev–Trinajstić information content (AvgIpc) is 2.58. The molecule has 0 fully saturated rings. The van der Waals surface area contributed by atoms with Crippen molar-refractivity contribution >= 4 is 21.9 Å². The van der Waals surface area contributed by atoms with Gasteiger partial charge in [-0.1, -0.05) is 30.3 Å². The lowest BCUT2D eigenvalue weighted by atomic mass is 10.1. The Kier molecular flexibility index (Phi) is 5.38. The van der Waals surface area contributed by atoms with Gasteiger partial charge < -0.3 is 9.47 Å². The Morgan fingerprint density at radius 1 is 1.04 bits per heavy atom. The molecule has 2 rings (SSSR count). The summed E-state index contributed by atoms with van der Waals surface area (Å²) in [6, 6.07) is 11.3. The summed E-state index contributed by atoms with van der Waals surface area (Å²) in [6.07, 6.45) is 2.67. The molecule has 0 spiro atoms. The van der Waals surface area contributed by atoms with E-state index in [2.05, 4.69) is 0 Å². The minimum absolute atomic E-state index is 0.155. The quantitative estimate of drug-likeness (QED) is 0.639. The van der Waals surface area contributed by atoms with Crippen LogP contribution < -0.4 is 14.6 Å². The van der Waals surface area contributed by atoms with Gasteiger partial charge in [-0.15, -0.1) is 0 Å². The van der Waals surface area contributed by atoms with Crippen LogP contribution in [0.1, 0.15) is 15.9 Å². The summed E-state index contributed by atoms with van der Waals surface area (Å²) in [5.41, 5.74) is 0.728. The molecule has 0 atom stereocenters. The Morgan fingerprint density at radius 2 is 1.62 bits per heavy atom. The Hall–Kier alpha value is -2.64. The number of primary sulfonamides is 1. The first-order valence-electron chi connectivity index (χ1n) is 6.93. The average molecular weight is 347 g/mol. The third-order valence-corrected chi connectivity index (χ3v) is 4.26. The zero-order valence-corrected chi connectivity index (χ0v) is 14.0. The van der Waals surface area contributed by atoms with Crippen LogP contribution in [-0.4, -0.2) is 28.4 Å². The molecule has 0 aliphatic heterocycles. The van der Waals surface area contributed by atoms with Gasteiger partial charge in [0.1, 0.15) is 0 Å². The molecule has 0 unspecified atom stereocenters. The van der Waals surface area contributed by atoms with E-state index in [4.69, 9.17) is 14.6 Å². The molecule has 7 heteroatoms. The first kappa shape index (κ1) is 17.7. The van der Waals surface area contributed by atoms with Crippen molar-refractivity contribution in [2.24, 2.45) is 5.14 Å². The second-order valence-electron chi connectivity index (χ2n) is 4.85. The lowest BCUT2D eigenvalue weighted by molar-refractivity contribution is 0.104. The van der Waals surface area contributed by atoms with E-state index in [0.717, 1.165) is 0 Å². The highest BCUT2D eigenvalue weighted by molar-refractivity contribution is 7.89. The van der Waals surface area contributed by atoms with Crippen LogP contribution in [0, 0.1) is 0 Å². The number of benzene rings is 2. The normalized spacial score (nSPS) is 11.5. The van der Waals surface area contributed by atoms with Crippen LogP contribution in [0.4, 0.5) is 0 Å². The Balaban J connectivity index is 2.48. The minimum atomic E-state index is -4.00. The molecular formula is C17H17NO5S. The van der Waals surface area contributed by atoms with Crippen molar-refractivity contribution < 1.29 is 22.7 Å². The van der Waals surface area contributed by atoms with E-state index >= 15 is 0 Å². The summed E-state index contributed by atoms with van der Waals surface area (Å²) in [7, 11) is -1.19. The molecule has 0 saturated heterocycles. The molecule has 126 valence electrons. The summed E-state index contributed by atoms with van der Waals surface area (Å²) in [5.74, 6) is 0.301. The van der Waals surface area contributed by atoms with E-state index in [0.29, 0.717) is 11.3 Å². The fraction of sp³-hybridized carbons (Fsp3) is 0.118. The number of nitrogens with two attached hydrogens (primary N) is 1. The zero-order chi connectivity index (χ0) is 17.7. The predicted octanol–water partition coefficient (Wildman–Crippen LogP) is 2.25. The maximum Gasteiger partial charge on any atom is 0.238 e. The SMILES string of the molecule is COc1cc(C=CC(=O)c2ccccc2)c(S(N)(=O)=O)cc1OC. The number of carbonyl (C=O) groups excluding carboxylic acids is 1. The van der Waals surface area contributed by atoms with Gasteiger partial charge in [-0.3, -0.25) is 4.79 Å². The zero-order valence-electron chi connectivity index (χ0n) is 13.2. The number of allylic oxidation sites excluding steroid dienone is 1. The largest absolute Gasteiger partial charge is 0.493 e. The smallest absolute Gasteiger partial charge is 0.238 e. The van der Waals surface area contributed by atoms with Crippen LogP contribution in [0.15, 0.2) is 53.4 Å². The fourth-order valence-corrected chi connectivity index (χ4v) is 2.84. The molecule has 24 heavy (non-hydrogen) atoms. The van der Waals surface area contributed by atoms with Crippen molar-refractivity contribution in [3.05, 3.63) is 59.7 Å². The van der Waals surface area contributed by atoms with Gasteiger partial charge in [0.05, 0.1) is 19.1 Å². The van der Waals surface area contributed by atoms with Crippen LogP contribution in [-0.2, 0) is 10.0 Å². The number of ketones is 1. The lowest BCUT2D eigenvalue weighted by Crippen LogP contribution is -2.14. The van der Waals surface area contributed by atoms with Gasteiger partial charge >= 0.3 is 0 Å². The number of methoxy groups -OCH3 is 2. The van der Waals surface area contributed by atoms with Gasteiger partial charge in [0.25, 0.3) is 0 Å². The van der Waals surface area contributed by atoms with Crippen LogP contribution in [0.5, 0.6) is 11.5 Å². The van der Waals surface area contributed by atoms with Gasteiger partial charge in [0, 0.05) is 11.6 Å². The Morgan fingerprint density at radius 3 is 2.17 bits per heavy atom. The predicted molar refractivity (Wildman–Crippen MR) is 90.7 cm³/mol. The summed E-state index contributed by atoms with van der Waals surface area (Å²) in [6.45, 7) is 0. The molecule has 0 radical (unpaired) electrons. The Bertz CT molecular complexity index is 873. The highest BCUT2D eigenvalue weighted by atomic mass is 32.2. The van der Waals surface area contributed by atoms with Crippen LogP contribution in [0.3, 0.4) is 0 Å². The first-order valence-corrected chi connectivity index (χ1v) is 8.47. The molecular weight excluding hydrogens is 330 g/mol. The number of sulfonamides is 1. The van der Waals surface area contributed by atoms with Crippen molar-refractivity contribution in [1.82, 2.24) is 0 Å². The maximum atomic E-state index is 12.1. The molecule has 0 amide bonds. The first-order chi connectivity index (χ1) is 11.4. The van der Waals surface area contributed by atoms with Crippen molar-refractivity contribution in [2.45, 2.75) is 4.90 Å². The number of hydrogen-bond donors (Lipinski definition) is 1. The minimum Gasteiger partial charge on any atom is -0.493 e. The van der Waals surface area contributed by atoms with E-state index < -0.39 is 10.0 Å².